The van der Waals surface area contributed by atoms with E-state index in [1.165, 1.54) is 17.5 Å². The van der Waals surface area contributed by atoms with Crippen LogP contribution < -0.4 is 11.1 Å². The largest absolute Gasteiger partial charge is 0.382 e. The normalized spacial score (nSPS) is 18.0. The zero-order chi connectivity index (χ0) is 24.4. The highest BCUT2D eigenvalue weighted by Crippen LogP contribution is 2.37. The molecule has 6 nitrogen and oxygen atoms in total. The minimum absolute atomic E-state index is 0.00161. The summed E-state index contributed by atoms with van der Waals surface area (Å²) >= 11 is 8.20. The summed E-state index contributed by atoms with van der Waals surface area (Å²) in [6.07, 6.45) is 7.24. The molecule has 1 amide bonds. The van der Waals surface area contributed by atoms with Gasteiger partial charge in [-0.2, -0.15) is 0 Å². The third-order valence-corrected chi connectivity index (χ3v) is 8.43. The van der Waals surface area contributed by atoms with Crippen molar-refractivity contribution in [3.8, 4) is 11.3 Å². The molecule has 0 atom stereocenters. The van der Waals surface area contributed by atoms with Crippen molar-refractivity contribution in [1.82, 2.24) is 20.2 Å². The highest BCUT2D eigenvalue weighted by atomic mass is 35.5. The van der Waals surface area contributed by atoms with E-state index in [1.807, 2.05) is 48.3 Å². The summed E-state index contributed by atoms with van der Waals surface area (Å²) in [6, 6.07) is 16.7. The van der Waals surface area contributed by atoms with Gasteiger partial charge in [0.1, 0.15) is 10.7 Å². The van der Waals surface area contributed by atoms with Gasteiger partial charge in [0.2, 0.25) is 0 Å². The summed E-state index contributed by atoms with van der Waals surface area (Å²) in [5, 5.41) is 4.87. The van der Waals surface area contributed by atoms with Crippen molar-refractivity contribution >= 4 is 44.7 Å². The minimum atomic E-state index is -0.00161. The first-order valence-corrected chi connectivity index (χ1v) is 13.0. The Labute approximate surface area is 214 Å². The van der Waals surface area contributed by atoms with E-state index in [0.29, 0.717) is 34.0 Å². The Morgan fingerprint density at radius 1 is 1.14 bits per heavy atom. The fraction of sp³-hybridized carbons (Fsp3) is 0.296. The van der Waals surface area contributed by atoms with Crippen LogP contribution in [-0.4, -0.2) is 39.9 Å². The highest BCUT2D eigenvalue weighted by molar-refractivity contribution is 7.21. The second-order valence-corrected chi connectivity index (χ2v) is 10.4. The molecular formula is C27H28ClN5OS. The van der Waals surface area contributed by atoms with Gasteiger partial charge >= 0.3 is 0 Å². The van der Waals surface area contributed by atoms with E-state index in [2.05, 4.69) is 27.4 Å². The topological polar surface area (TPSA) is 84.1 Å². The summed E-state index contributed by atoms with van der Waals surface area (Å²) in [5.41, 5.74) is 8.52. The lowest BCUT2D eigenvalue weighted by atomic mass is 9.89. The molecule has 5 rings (SSSR count). The van der Waals surface area contributed by atoms with Gasteiger partial charge < -0.3 is 16.0 Å². The first-order valence-electron chi connectivity index (χ1n) is 11.9. The Bertz CT molecular complexity index is 1350. The number of nitrogens with one attached hydrogen (secondary N) is 1. The lowest BCUT2D eigenvalue weighted by Crippen LogP contribution is -2.44. The number of aromatic nitrogens is 2. The maximum atomic E-state index is 14.0. The number of anilines is 1. The number of carbonyl (C=O) groups excluding carboxylic acids is 1. The molecule has 0 unspecified atom stereocenters. The third kappa shape index (κ3) is 5.03. The maximum Gasteiger partial charge on any atom is 0.266 e. The van der Waals surface area contributed by atoms with Crippen molar-refractivity contribution in [2.45, 2.75) is 44.3 Å². The van der Waals surface area contributed by atoms with Crippen LogP contribution in [0.25, 0.3) is 21.3 Å². The molecule has 8 heteroatoms. The molecule has 2 aromatic heterocycles. The van der Waals surface area contributed by atoms with Gasteiger partial charge in [-0.05, 0) is 50.4 Å². The number of fused-ring (bicyclic) bond motifs is 1. The summed E-state index contributed by atoms with van der Waals surface area (Å²) in [6.45, 7) is 0.502. The van der Waals surface area contributed by atoms with Crippen molar-refractivity contribution in [1.29, 1.82) is 0 Å². The molecule has 2 aromatic carbocycles. The highest BCUT2D eigenvalue weighted by Gasteiger charge is 2.31. The van der Waals surface area contributed by atoms with Crippen molar-refractivity contribution in [3.63, 3.8) is 0 Å². The van der Waals surface area contributed by atoms with Crippen LogP contribution >= 0.6 is 22.9 Å². The molecule has 1 aliphatic rings. The Hall–Kier alpha value is -3.00. The smallest absolute Gasteiger partial charge is 0.266 e. The van der Waals surface area contributed by atoms with Gasteiger partial charge in [0, 0.05) is 34.3 Å². The molecule has 3 N–H and O–H groups in total. The van der Waals surface area contributed by atoms with E-state index in [0.717, 1.165) is 46.9 Å². The molecule has 180 valence electrons. The van der Waals surface area contributed by atoms with Crippen LogP contribution in [-0.2, 0) is 6.54 Å². The van der Waals surface area contributed by atoms with Gasteiger partial charge in [-0.1, -0.05) is 48.0 Å². The Morgan fingerprint density at radius 3 is 2.69 bits per heavy atom. The summed E-state index contributed by atoms with van der Waals surface area (Å²) in [7, 11) is 2.01. The monoisotopic (exact) mass is 505 g/mol. The molecule has 0 aliphatic heterocycles. The molecule has 1 fully saturated rings. The van der Waals surface area contributed by atoms with Gasteiger partial charge in [0.25, 0.3) is 5.91 Å². The number of hydrogen-bond donors (Lipinski definition) is 2. The summed E-state index contributed by atoms with van der Waals surface area (Å²) in [4.78, 5) is 25.2. The minimum Gasteiger partial charge on any atom is -0.382 e. The Morgan fingerprint density at radius 2 is 1.94 bits per heavy atom. The standard InChI is InChI=1S/C27H28ClN5OS/c1-30-19-9-11-20(12-10-19)33(27(34)26-25(28)21-7-2-3-8-23(21)35-26)16-17-5-4-6-18(13-17)22-14-31-15-24(29)32-22/h2-8,13-15,19-20,30H,9-12,16H2,1H3,(H2,29,32). The molecular weight excluding hydrogens is 478 g/mol. The van der Waals surface area contributed by atoms with E-state index in [4.69, 9.17) is 17.3 Å². The van der Waals surface area contributed by atoms with Crippen LogP contribution in [0.4, 0.5) is 5.82 Å². The van der Waals surface area contributed by atoms with E-state index in [1.54, 1.807) is 6.20 Å². The van der Waals surface area contributed by atoms with Crippen LogP contribution in [0.3, 0.4) is 0 Å². The van der Waals surface area contributed by atoms with Gasteiger partial charge in [-0.25, -0.2) is 4.98 Å². The van der Waals surface area contributed by atoms with Gasteiger partial charge in [0.15, 0.2) is 0 Å². The zero-order valence-electron chi connectivity index (χ0n) is 19.6. The fourth-order valence-corrected chi connectivity index (χ4v) is 6.34. The molecule has 1 aliphatic carbocycles. The quantitative estimate of drug-likeness (QED) is 0.347. The SMILES string of the molecule is CNC1CCC(N(Cc2cccc(-c3cncc(N)n3)c2)C(=O)c2sc3ccccc3c2Cl)CC1. The molecule has 1 saturated carbocycles. The number of nitrogen functional groups attached to an aromatic ring is 1. The first-order chi connectivity index (χ1) is 17.0. The number of carbonyl (C=O) groups is 1. The van der Waals surface area contributed by atoms with E-state index >= 15 is 0 Å². The number of amides is 1. The average Bonchev–Trinajstić information content (AvgIpc) is 3.23. The molecule has 0 saturated heterocycles. The van der Waals surface area contributed by atoms with Gasteiger partial charge in [0.05, 0.1) is 23.1 Å². The predicted molar refractivity (Wildman–Crippen MR) is 144 cm³/mol. The number of hydrogen-bond acceptors (Lipinski definition) is 6. The van der Waals surface area contributed by atoms with Crippen molar-refractivity contribution < 1.29 is 4.79 Å². The van der Waals surface area contributed by atoms with Crippen molar-refractivity contribution in [2.24, 2.45) is 0 Å². The van der Waals surface area contributed by atoms with E-state index in [9.17, 15) is 4.79 Å². The average molecular weight is 506 g/mol. The zero-order valence-corrected chi connectivity index (χ0v) is 21.1. The molecule has 4 aromatic rings. The van der Waals surface area contributed by atoms with Crippen LogP contribution in [0, 0.1) is 0 Å². The number of nitrogens with zero attached hydrogens (tertiary/aromatic N) is 3. The van der Waals surface area contributed by atoms with Crippen LogP contribution in [0.5, 0.6) is 0 Å². The number of halogens is 1. The predicted octanol–water partition coefficient (Wildman–Crippen LogP) is 5.77. The molecule has 0 spiro atoms. The maximum absolute atomic E-state index is 14.0. The number of thiophene rings is 1. The lowest BCUT2D eigenvalue weighted by Gasteiger charge is -2.37. The fourth-order valence-electron chi connectivity index (χ4n) is 4.87. The second kappa shape index (κ2) is 10.3. The third-order valence-electron chi connectivity index (χ3n) is 6.76. The number of nitrogens with two attached hydrogens (primary N) is 1. The van der Waals surface area contributed by atoms with E-state index in [-0.39, 0.29) is 11.9 Å². The van der Waals surface area contributed by atoms with Crippen LogP contribution in [0.2, 0.25) is 5.02 Å². The van der Waals surface area contributed by atoms with E-state index < -0.39 is 0 Å². The lowest BCUT2D eigenvalue weighted by molar-refractivity contribution is 0.0606. The molecule has 2 heterocycles. The molecule has 35 heavy (non-hydrogen) atoms. The van der Waals surface area contributed by atoms with Crippen LogP contribution in [0.1, 0.15) is 40.9 Å². The Kier molecular flexibility index (Phi) is 7.00. The molecule has 0 bridgehead atoms. The number of rotatable bonds is 6. The summed E-state index contributed by atoms with van der Waals surface area (Å²) in [5.74, 6) is 0.378. The summed E-state index contributed by atoms with van der Waals surface area (Å²) < 4.78 is 1.03. The van der Waals surface area contributed by atoms with Crippen LogP contribution in [0.15, 0.2) is 60.9 Å². The van der Waals surface area contributed by atoms with Gasteiger partial charge in [-0.3, -0.25) is 9.78 Å². The van der Waals surface area contributed by atoms with Crippen molar-refractivity contribution in [3.05, 3.63) is 76.4 Å². The first kappa shape index (κ1) is 23.7. The second-order valence-electron chi connectivity index (χ2n) is 9.00. The van der Waals surface area contributed by atoms with Crippen molar-refractivity contribution in [2.75, 3.05) is 12.8 Å². The number of benzene rings is 2. The van der Waals surface area contributed by atoms with Gasteiger partial charge in [-0.15, -0.1) is 11.3 Å². The molecule has 0 radical (unpaired) electrons. The Balaban J connectivity index is 1.48.